The molecule has 7 heteroatoms. The second kappa shape index (κ2) is 3.26. The summed E-state index contributed by atoms with van der Waals surface area (Å²) in [5, 5.41) is 14.8. The Bertz CT molecular complexity index is 283. The smallest absolute Gasteiger partial charge is 0.213 e. The second-order valence-electron chi connectivity index (χ2n) is 1.94. The van der Waals surface area contributed by atoms with Gasteiger partial charge >= 0.3 is 0 Å². The molecular weight excluding hydrogens is 178 g/mol. The van der Waals surface area contributed by atoms with E-state index in [2.05, 4.69) is 30.2 Å². The Morgan fingerprint density at radius 3 is 3.25 bits per heavy atom. The number of aromatic nitrogens is 4. The molecule has 2 rings (SSSR count). The van der Waals surface area contributed by atoms with E-state index in [1.165, 1.54) is 17.7 Å². The fourth-order valence-corrected chi connectivity index (χ4v) is 1.12. The molecule has 2 aromatic heterocycles. The Balaban J connectivity index is 1.91. The molecule has 0 unspecified atom stereocenters. The van der Waals surface area contributed by atoms with Crippen LogP contribution in [0.4, 0.5) is 5.13 Å². The van der Waals surface area contributed by atoms with Crippen molar-refractivity contribution in [3.63, 3.8) is 0 Å². The third-order valence-corrected chi connectivity index (χ3v) is 1.81. The van der Waals surface area contributed by atoms with E-state index in [4.69, 9.17) is 0 Å². The van der Waals surface area contributed by atoms with Gasteiger partial charge in [0.05, 0.1) is 6.54 Å². The zero-order valence-corrected chi connectivity index (χ0v) is 6.78. The quantitative estimate of drug-likeness (QED) is 0.748. The first-order valence-corrected chi connectivity index (χ1v) is 4.08. The lowest BCUT2D eigenvalue weighted by Gasteiger charge is -1.93. The Hall–Kier alpha value is -1.50. The molecule has 1 N–H and O–H groups in total. The van der Waals surface area contributed by atoms with Gasteiger partial charge in [-0.3, -0.25) is 0 Å². The Morgan fingerprint density at radius 2 is 2.58 bits per heavy atom. The summed E-state index contributed by atoms with van der Waals surface area (Å²) < 4.78 is 4.55. The monoisotopic (exact) mass is 183 g/mol. The van der Waals surface area contributed by atoms with Gasteiger partial charge in [0.25, 0.3) is 0 Å². The van der Waals surface area contributed by atoms with Crippen molar-refractivity contribution in [1.82, 2.24) is 20.3 Å². The highest BCUT2D eigenvalue weighted by Gasteiger charge is 1.99. The van der Waals surface area contributed by atoms with E-state index in [0.29, 0.717) is 12.4 Å². The minimum Gasteiger partial charge on any atom is -0.353 e. The van der Waals surface area contributed by atoms with Crippen LogP contribution < -0.4 is 5.32 Å². The van der Waals surface area contributed by atoms with Crippen LogP contribution in [0.1, 0.15) is 5.82 Å². The van der Waals surface area contributed by atoms with Crippen molar-refractivity contribution in [3.8, 4) is 0 Å². The van der Waals surface area contributed by atoms with Crippen molar-refractivity contribution < 1.29 is 4.52 Å². The first kappa shape index (κ1) is 7.17. The van der Waals surface area contributed by atoms with Crippen molar-refractivity contribution in [3.05, 3.63) is 17.7 Å². The number of hydrogen-bond acceptors (Lipinski definition) is 7. The van der Waals surface area contributed by atoms with Gasteiger partial charge in [-0.2, -0.15) is 4.98 Å². The first-order chi connectivity index (χ1) is 5.95. The van der Waals surface area contributed by atoms with Crippen LogP contribution in [0.3, 0.4) is 0 Å². The molecule has 2 aromatic rings. The standard InChI is InChI=1S/C5H5N5OS/c1(4-7-2-11-10-4)6-5-9-8-3-12-5/h2-3H,1H2,(H,6,9). The highest BCUT2D eigenvalue weighted by Crippen LogP contribution is 2.08. The molecule has 0 aliphatic heterocycles. The summed E-state index contributed by atoms with van der Waals surface area (Å²) in [6.07, 6.45) is 1.29. The molecule has 0 spiro atoms. The molecule has 0 atom stereocenters. The maximum atomic E-state index is 4.55. The van der Waals surface area contributed by atoms with Crippen LogP contribution in [0.25, 0.3) is 0 Å². The van der Waals surface area contributed by atoms with Crippen LogP contribution in [0, 0.1) is 0 Å². The van der Waals surface area contributed by atoms with Crippen LogP contribution >= 0.6 is 11.3 Å². The molecular formula is C5H5N5OS. The van der Waals surface area contributed by atoms with E-state index in [9.17, 15) is 0 Å². The molecule has 0 saturated carbocycles. The third-order valence-electron chi connectivity index (χ3n) is 1.16. The van der Waals surface area contributed by atoms with Gasteiger partial charge in [0.1, 0.15) is 5.51 Å². The Labute approximate surface area is 71.6 Å². The average Bonchev–Trinajstić information content (AvgIpc) is 2.74. The fourth-order valence-electron chi connectivity index (χ4n) is 0.675. The predicted molar refractivity (Wildman–Crippen MR) is 41.5 cm³/mol. The minimum atomic E-state index is 0.506. The van der Waals surface area contributed by atoms with Crippen molar-refractivity contribution >= 4 is 16.5 Å². The number of nitrogens with zero attached hydrogens (tertiary/aromatic N) is 4. The zero-order chi connectivity index (χ0) is 8.23. The maximum Gasteiger partial charge on any atom is 0.213 e. The number of anilines is 1. The van der Waals surface area contributed by atoms with Crippen LogP contribution in [0.15, 0.2) is 16.4 Å². The SMILES string of the molecule is c1nc(CNc2nncs2)no1. The fraction of sp³-hybridized carbons (Fsp3) is 0.200. The topological polar surface area (TPSA) is 76.7 Å². The Morgan fingerprint density at radius 1 is 1.58 bits per heavy atom. The lowest BCUT2D eigenvalue weighted by atomic mass is 10.6. The number of hydrogen-bond donors (Lipinski definition) is 1. The Kier molecular flexibility index (Phi) is 1.95. The van der Waals surface area contributed by atoms with Crippen LogP contribution in [-0.2, 0) is 6.54 Å². The van der Waals surface area contributed by atoms with E-state index < -0.39 is 0 Å². The summed E-state index contributed by atoms with van der Waals surface area (Å²) in [6, 6.07) is 0. The number of rotatable bonds is 3. The minimum absolute atomic E-state index is 0.506. The van der Waals surface area contributed by atoms with E-state index in [0.717, 1.165) is 5.13 Å². The molecule has 12 heavy (non-hydrogen) atoms. The molecule has 0 radical (unpaired) electrons. The lowest BCUT2D eigenvalue weighted by molar-refractivity contribution is 0.411. The molecule has 2 heterocycles. The normalized spacial score (nSPS) is 10.0. The van der Waals surface area contributed by atoms with Crippen molar-refractivity contribution in [1.29, 1.82) is 0 Å². The van der Waals surface area contributed by atoms with Gasteiger partial charge in [0.15, 0.2) is 5.82 Å². The molecule has 6 nitrogen and oxygen atoms in total. The summed E-state index contributed by atoms with van der Waals surface area (Å²) in [4.78, 5) is 3.83. The molecule has 0 aliphatic rings. The first-order valence-electron chi connectivity index (χ1n) is 3.20. The molecule has 0 aromatic carbocycles. The lowest BCUT2D eigenvalue weighted by Crippen LogP contribution is -2.00. The largest absolute Gasteiger partial charge is 0.353 e. The number of nitrogens with one attached hydrogen (secondary N) is 1. The molecule has 0 saturated heterocycles. The summed E-state index contributed by atoms with van der Waals surface area (Å²) in [5.41, 5.74) is 1.65. The van der Waals surface area contributed by atoms with Crippen molar-refractivity contribution in [2.75, 3.05) is 5.32 Å². The summed E-state index contributed by atoms with van der Waals surface area (Å²) >= 11 is 1.43. The second-order valence-corrected chi connectivity index (χ2v) is 2.78. The molecule has 0 amide bonds. The van der Waals surface area contributed by atoms with Crippen LogP contribution in [0.5, 0.6) is 0 Å². The van der Waals surface area contributed by atoms with E-state index in [1.54, 1.807) is 5.51 Å². The van der Waals surface area contributed by atoms with Gasteiger partial charge in [-0.25, -0.2) is 0 Å². The van der Waals surface area contributed by atoms with Gasteiger partial charge < -0.3 is 9.84 Å². The zero-order valence-electron chi connectivity index (χ0n) is 5.97. The average molecular weight is 183 g/mol. The van der Waals surface area contributed by atoms with Crippen LogP contribution in [-0.4, -0.2) is 20.3 Å². The van der Waals surface area contributed by atoms with Gasteiger partial charge in [0, 0.05) is 0 Å². The maximum absolute atomic E-state index is 4.55. The van der Waals surface area contributed by atoms with Gasteiger partial charge in [0.2, 0.25) is 11.5 Å². The summed E-state index contributed by atoms with van der Waals surface area (Å²) in [6.45, 7) is 0.506. The van der Waals surface area contributed by atoms with Crippen LogP contribution in [0.2, 0.25) is 0 Å². The summed E-state index contributed by atoms with van der Waals surface area (Å²) in [7, 11) is 0. The van der Waals surface area contributed by atoms with Gasteiger partial charge in [-0.15, -0.1) is 10.2 Å². The predicted octanol–water partition coefficient (Wildman–Crippen LogP) is 0.533. The molecule has 0 fully saturated rings. The summed E-state index contributed by atoms with van der Waals surface area (Å²) in [5.74, 6) is 0.602. The highest BCUT2D eigenvalue weighted by atomic mass is 32.1. The molecule has 0 bridgehead atoms. The van der Waals surface area contributed by atoms with Gasteiger partial charge in [-0.05, 0) is 0 Å². The van der Waals surface area contributed by atoms with E-state index in [1.807, 2.05) is 0 Å². The van der Waals surface area contributed by atoms with E-state index in [-0.39, 0.29) is 0 Å². The van der Waals surface area contributed by atoms with Crippen molar-refractivity contribution in [2.45, 2.75) is 6.54 Å². The molecule has 0 aliphatic carbocycles. The van der Waals surface area contributed by atoms with Crippen molar-refractivity contribution in [2.24, 2.45) is 0 Å². The third kappa shape index (κ3) is 1.56. The van der Waals surface area contributed by atoms with E-state index >= 15 is 0 Å². The molecule has 62 valence electrons. The van der Waals surface area contributed by atoms with Gasteiger partial charge in [-0.1, -0.05) is 16.5 Å². The highest BCUT2D eigenvalue weighted by molar-refractivity contribution is 7.13.